The van der Waals surface area contributed by atoms with Crippen LogP contribution in [0.15, 0.2) is 45.3 Å². The van der Waals surface area contributed by atoms with Gasteiger partial charge in [0.05, 0.1) is 16.1 Å². The summed E-state index contributed by atoms with van der Waals surface area (Å²) in [4.78, 5) is 24.3. The number of hydrogen-bond donors (Lipinski definition) is 2. The Morgan fingerprint density at radius 3 is 2.41 bits per heavy atom. The van der Waals surface area contributed by atoms with E-state index in [1.165, 1.54) is 0 Å². The highest BCUT2D eigenvalue weighted by atomic mass is 79.9. The number of ether oxygens (including phenoxy) is 2. The van der Waals surface area contributed by atoms with E-state index in [0.717, 1.165) is 14.5 Å². The lowest BCUT2D eigenvalue weighted by Crippen LogP contribution is -2.44. The van der Waals surface area contributed by atoms with E-state index in [4.69, 9.17) is 9.47 Å². The Kier molecular flexibility index (Phi) is 7.67. The fraction of sp³-hybridized carbons (Fsp3) is 0.263. The Hall–Kier alpha value is -2.06. The van der Waals surface area contributed by atoms with Crippen molar-refractivity contribution in [1.82, 2.24) is 10.9 Å². The number of carbonyl (C=O) groups is 2. The summed E-state index contributed by atoms with van der Waals surface area (Å²) in [5.41, 5.74) is 6.08. The maximum Gasteiger partial charge on any atom is 0.276 e. The molecule has 0 aliphatic carbocycles. The van der Waals surface area contributed by atoms with Gasteiger partial charge in [-0.2, -0.15) is 0 Å². The standard InChI is InChI=1S/C19H20Br2N2O4/c1-11(2)27-16-7-5-13(20)9-14(16)19(25)23-22-18(24)10-26-17-6-4-12(3)8-15(17)21/h4-9,11H,10H2,1-3H3,(H,22,24)(H,23,25). The van der Waals surface area contributed by atoms with Crippen LogP contribution in [0.2, 0.25) is 0 Å². The molecule has 27 heavy (non-hydrogen) atoms. The van der Waals surface area contributed by atoms with Crippen LogP contribution in [-0.4, -0.2) is 24.5 Å². The quantitative estimate of drug-likeness (QED) is 0.585. The van der Waals surface area contributed by atoms with Gasteiger partial charge in [-0.3, -0.25) is 20.4 Å². The molecule has 0 spiro atoms. The number of halogens is 2. The van der Waals surface area contributed by atoms with Gasteiger partial charge in [0.25, 0.3) is 11.8 Å². The second kappa shape index (κ2) is 9.75. The van der Waals surface area contributed by atoms with Gasteiger partial charge in [-0.1, -0.05) is 22.0 Å². The van der Waals surface area contributed by atoms with Crippen molar-refractivity contribution < 1.29 is 19.1 Å². The van der Waals surface area contributed by atoms with Gasteiger partial charge in [0, 0.05) is 4.47 Å². The zero-order valence-corrected chi connectivity index (χ0v) is 18.3. The van der Waals surface area contributed by atoms with E-state index < -0.39 is 11.8 Å². The Morgan fingerprint density at radius 2 is 1.74 bits per heavy atom. The number of amides is 2. The van der Waals surface area contributed by atoms with Crippen LogP contribution < -0.4 is 20.3 Å². The molecule has 0 fully saturated rings. The molecule has 0 aromatic heterocycles. The van der Waals surface area contributed by atoms with Crippen LogP contribution in [0, 0.1) is 6.92 Å². The van der Waals surface area contributed by atoms with Crippen molar-refractivity contribution in [3.8, 4) is 11.5 Å². The lowest BCUT2D eigenvalue weighted by atomic mass is 10.2. The molecule has 144 valence electrons. The van der Waals surface area contributed by atoms with Gasteiger partial charge in [-0.25, -0.2) is 0 Å². The summed E-state index contributed by atoms with van der Waals surface area (Å²) in [6.45, 7) is 5.45. The highest BCUT2D eigenvalue weighted by Gasteiger charge is 2.15. The third kappa shape index (κ3) is 6.55. The number of aryl methyl sites for hydroxylation is 1. The van der Waals surface area contributed by atoms with Gasteiger partial charge >= 0.3 is 0 Å². The summed E-state index contributed by atoms with van der Waals surface area (Å²) < 4.78 is 12.6. The molecule has 0 atom stereocenters. The molecule has 2 aromatic carbocycles. The van der Waals surface area contributed by atoms with Crippen LogP contribution in [0.1, 0.15) is 29.8 Å². The average Bonchev–Trinajstić information content (AvgIpc) is 2.60. The van der Waals surface area contributed by atoms with Gasteiger partial charge in [0.2, 0.25) is 0 Å². The van der Waals surface area contributed by atoms with Gasteiger partial charge in [0.15, 0.2) is 6.61 Å². The number of benzene rings is 2. The zero-order chi connectivity index (χ0) is 20.0. The molecule has 0 unspecified atom stereocenters. The fourth-order valence-electron chi connectivity index (χ4n) is 2.13. The van der Waals surface area contributed by atoms with Crippen LogP contribution in [0.25, 0.3) is 0 Å². The molecule has 0 aliphatic heterocycles. The first kappa shape index (κ1) is 21.2. The van der Waals surface area contributed by atoms with E-state index in [0.29, 0.717) is 17.1 Å². The summed E-state index contributed by atoms with van der Waals surface area (Å²) in [5, 5.41) is 0. The smallest absolute Gasteiger partial charge is 0.276 e. The lowest BCUT2D eigenvalue weighted by Gasteiger charge is -2.15. The molecule has 8 heteroatoms. The Balaban J connectivity index is 1.93. The van der Waals surface area contributed by atoms with Gasteiger partial charge in [-0.05, 0) is 72.6 Å². The summed E-state index contributed by atoms with van der Waals surface area (Å²) in [6.07, 6.45) is -0.0892. The molecule has 2 aromatic rings. The first-order valence-corrected chi connectivity index (χ1v) is 9.79. The number of carbonyl (C=O) groups excluding carboxylic acids is 2. The number of rotatable bonds is 6. The molecule has 0 saturated carbocycles. The molecular formula is C19H20Br2N2O4. The summed E-state index contributed by atoms with van der Waals surface area (Å²) in [5.74, 6) is -0.00422. The van der Waals surface area contributed by atoms with Gasteiger partial charge in [-0.15, -0.1) is 0 Å². The summed E-state index contributed by atoms with van der Waals surface area (Å²) in [7, 11) is 0. The van der Waals surface area contributed by atoms with Crippen LogP contribution in [0.4, 0.5) is 0 Å². The summed E-state index contributed by atoms with van der Waals surface area (Å²) in [6, 6.07) is 10.6. The molecule has 0 saturated heterocycles. The number of hydrogen-bond acceptors (Lipinski definition) is 4. The first-order valence-electron chi connectivity index (χ1n) is 8.20. The number of hydrazine groups is 1. The SMILES string of the molecule is Cc1ccc(OCC(=O)NNC(=O)c2cc(Br)ccc2OC(C)C)c(Br)c1. The van der Waals surface area contributed by atoms with Crippen molar-refractivity contribution in [1.29, 1.82) is 0 Å². The molecule has 6 nitrogen and oxygen atoms in total. The van der Waals surface area contributed by atoms with E-state index in [1.807, 2.05) is 32.9 Å². The van der Waals surface area contributed by atoms with E-state index in [9.17, 15) is 9.59 Å². The maximum absolute atomic E-state index is 12.4. The van der Waals surface area contributed by atoms with Crippen LogP contribution in [-0.2, 0) is 4.79 Å². The maximum atomic E-state index is 12.4. The van der Waals surface area contributed by atoms with Crippen molar-refractivity contribution in [3.63, 3.8) is 0 Å². The second-order valence-corrected chi connectivity index (χ2v) is 7.80. The zero-order valence-electron chi connectivity index (χ0n) is 15.1. The van der Waals surface area contributed by atoms with Crippen molar-refractivity contribution in [2.24, 2.45) is 0 Å². The van der Waals surface area contributed by atoms with E-state index in [1.54, 1.807) is 24.3 Å². The van der Waals surface area contributed by atoms with Crippen LogP contribution in [0.5, 0.6) is 11.5 Å². The Morgan fingerprint density at radius 1 is 1.04 bits per heavy atom. The molecule has 0 heterocycles. The monoisotopic (exact) mass is 498 g/mol. The number of nitrogens with one attached hydrogen (secondary N) is 2. The van der Waals surface area contributed by atoms with Crippen molar-refractivity contribution in [2.45, 2.75) is 26.9 Å². The molecule has 0 bridgehead atoms. The third-order valence-corrected chi connectivity index (χ3v) is 4.42. The average molecular weight is 500 g/mol. The minimum atomic E-state index is -0.489. The van der Waals surface area contributed by atoms with E-state index >= 15 is 0 Å². The highest BCUT2D eigenvalue weighted by molar-refractivity contribution is 9.10. The predicted molar refractivity (Wildman–Crippen MR) is 110 cm³/mol. The minimum absolute atomic E-state index is 0.0892. The van der Waals surface area contributed by atoms with E-state index in [2.05, 4.69) is 42.7 Å². The normalized spacial score (nSPS) is 10.4. The summed E-state index contributed by atoms with van der Waals surface area (Å²) >= 11 is 6.71. The van der Waals surface area contributed by atoms with Crippen molar-refractivity contribution in [3.05, 3.63) is 56.5 Å². The lowest BCUT2D eigenvalue weighted by molar-refractivity contribution is -0.123. The Bertz CT molecular complexity index is 840. The molecular weight excluding hydrogens is 480 g/mol. The predicted octanol–water partition coefficient (Wildman–Crippen LogP) is 4.15. The Labute approximate surface area is 174 Å². The van der Waals surface area contributed by atoms with Gasteiger partial charge in [0.1, 0.15) is 11.5 Å². The van der Waals surface area contributed by atoms with E-state index in [-0.39, 0.29) is 12.7 Å². The molecule has 2 rings (SSSR count). The first-order chi connectivity index (χ1) is 12.8. The fourth-order valence-corrected chi connectivity index (χ4v) is 3.10. The van der Waals surface area contributed by atoms with Gasteiger partial charge < -0.3 is 9.47 Å². The molecule has 0 aliphatic rings. The third-order valence-electron chi connectivity index (χ3n) is 3.31. The second-order valence-electron chi connectivity index (χ2n) is 6.03. The van der Waals surface area contributed by atoms with Crippen LogP contribution in [0.3, 0.4) is 0 Å². The van der Waals surface area contributed by atoms with Crippen LogP contribution >= 0.6 is 31.9 Å². The highest BCUT2D eigenvalue weighted by Crippen LogP contribution is 2.26. The van der Waals surface area contributed by atoms with Crippen molar-refractivity contribution in [2.75, 3.05) is 6.61 Å². The van der Waals surface area contributed by atoms with Crippen molar-refractivity contribution >= 4 is 43.7 Å². The minimum Gasteiger partial charge on any atom is -0.490 e. The topological polar surface area (TPSA) is 76.7 Å². The molecule has 0 radical (unpaired) electrons. The molecule has 2 N–H and O–H groups in total. The largest absolute Gasteiger partial charge is 0.490 e. The molecule has 2 amide bonds.